The predicted molar refractivity (Wildman–Crippen MR) is 120 cm³/mol. The predicted octanol–water partition coefficient (Wildman–Crippen LogP) is 4.49. The Morgan fingerprint density at radius 2 is 2.14 bits per heavy atom. The molecule has 0 bridgehead atoms. The first kappa shape index (κ1) is 22.4. The molecule has 2 aromatic rings. The Morgan fingerprint density at radius 3 is 2.82 bits per heavy atom. The third-order valence-corrected chi connectivity index (χ3v) is 4.84. The van der Waals surface area contributed by atoms with Crippen LogP contribution in [0.25, 0.3) is 0 Å². The lowest BCUT2D eigenvalue weighted by molar-refractivity contribution is -0.142. The number of halogens is 1. The van der Waals surface area contributed by atoms with Crippen LogP contribution in [0.2, 0.25) is 0 Å². The van der Waals surface area contributed by atoms with Crippen molar-refractivity contribution >= 4 is 51.2 Å². The lowest BCUT2D eigenvalue weighted by Gasteiger charge is -2.16. The number of nitrogens with one attached hydrogen (secondary N) is 1. The van der Waals surface area contributed by atoms with Crippen molar-refractivity contribution in [3.8, 4) is 11.5 Å². The van der Waals surface area contributed by atoms with Crippen molar-refractivity contribution in [2.24, 2.45) is 5.10 Å². The van der Waals surface area contributed by atoms with E-state index in [1.54, 1.807) is 13.1 Å². The second-order valence-corrected chi connectivity index (χ2v) is 7.95. The van der Waals surface area contributed by atoms with Crippen LogP contribution in [-0.2, 0) is 16.0 Å². The number of hydrogen-bond acceptors (Lipinski definition) is 8. The average molecular weight is 517 g/mol. The van der Waals surface area contributed by atoms with Gasteiger partial charge in [0.2, 0.25) is 5.13 Å². The SMILES string of the molecule is CCOC(=O)Cc1csc(NN=Cc2cc(I)c(OC(C)C)c(OCC)c2)n1. The molecule has 1 heterocycles. The Hall–Kier alpha value is -1.88. The zero-order chi connectivity index (χ0) is 20.5. The van der Waals surface area contributed by atoms with Gasteiger partial charge in [-0.05, 0) is 68.0 Å². The van der Waals surface area contributed by atoms with E-state index >= 15 is 0 Å². The molecule has 0 radical (unpaired) electrons. The molecule has 0 aliphatic heterocycles. The van der Waals surface area contributed by atoms with Crippen molar-refractivity contribution < 1.29 is 19.0 Å². The van der Waals surface area contributed by atoms with Crippen LogP contribution in [0.15, 0.2) is 22.6 Å². The van der Waals surface area contributed by atoms with Gasteiger partial charge in [0.25, 0.3) is 0 Å². The first-order chi connectivity index (χ1) is 13.4. The summed E-state index contributed by atoms with van der Waals surface area (Å²) in [5.41, 5.74) is 4.42. The number of benzene rings is 1. The van der Waals surface area contributed by atoms with E-state index in [2.05, 4.69) is 38.1 Å². The second-order valence-electron chi connectivity index (χ2n) is 5.93. The standard InChI is InChI=1S/C19H24IN3O4S/c1-5-25-16-8-13(7-15(20)18(16)27-12(3)4)10-21-23-19-22-14(11-28-19)9-17(24)26-6-2/h7-8,10-12H,5-6,9H2,1-4H3,(H,22,23). The van der Waals surface area contributed by atoms with Crippen LogP contribution in [0.3, 0.4) is 0 Å². The van der Waals surface area contributed by atoms with E-state index in [1.165, 1.54) is 11.3 Å². The van der Waals surface area contributed by atoms with Crippen LogP contribution in [0.1, 0.15) is 39.0 Å². The summed E-state index contributed by atoms with van der Waals surface area (Å²) in [6, 6.07) is 3.86. The number of nitrogens with zero attached hydrogens (tertiary/aromatic N) is 2. The van der Waals surface area contributed by atoms with E-state index in [1.807, 2.05) is 38.3 Å². The largest absolute Gasteiger partial charge is 0.490 e. The first-order valence-electron chi connectivity index (χ1n) is 8.95. The number of hydrazone groups is 1. The van der Waals surface area contributed by atoms with Gasteiger partial charge < -0.3 is 14.2 Å². The maximum Gasteiger partial charge on any atom is 0.311 e. The maximum atomic E-state index is 11.5. The fourth-order valence-corrected chi connectivity index (χ4v) is 3.65. The molecule has 0 aliphatic rings. The number of aromatic nitrogens is 1. The minimum Gasteiger partial charge on any atom is -0.490 e. The maximum absolute atomic E-state index is 11.5. The molecule has 2 rings (SSSR count). The Labute approximate surface area is 182 Å². The van der Waals surface area contributed by atoms with Gasteiger partial charge in [0.1, 0.15) is 0 Å². The highest BCUT2D eigenvalue weighted by atomic mass is 127. The van der Waals surface area contributed by atoms with Gasteiger partial charge >= 0.3 is 5.97 Å². The summed E-state index contributed by atoms with van der Waals surface area (Å²) >= 11 is 3.61. The number of esters is 1. The number of carbonyl (C=O) groups excluding carboxylic acids is 1. The van der Waals surface area contributed by atoms with Gasteiger partial charge in [0.05, 0.1) is 41.2 Å². The Morgan fingerprint density at radius 1 is 1.36 bits per heavy atom. The highest BCUT2D eigenvalue weighted by molar-refractivity contribution is 14.1. The van der Waals surface area contributed by atoms with Crippen molar-refractivity contribution in [1.82, 2.24) is 4.98 Å². The minimum absolute atomic E-state index is 0.0580. The second kappa shape index (κ2) is 11.2. The third kappa shape index (κ3) is 6.93. The topological polar surface area (TPSA) is 82.0 Å². The number of carbonyl (C=O) groups is 1. The van der Waals surface area contributed by atoms with Gasteiger partial charge in [-0.25, -0.2) is 4.98 Å². The Bertz CT molecular complexity index is 824. The van der Waals surface area contributed by atoms with Gasteiger partial charge in [-0.1, -0.05) is 0 Å². The smallest absolute Gasteiger partial charge is 0.311 e. The summed E-state index contributed by atoms with van der Waals surface area (Å²) in [5, 5.41) is 6.65. The molecule has 0 unspecified atom stereocenters. The molecule has 1 aromatic heterocycles. The quantitative estimate of drug-likeness (QED) is 0.217. The van der Waals surface area contributed by atoms with E-state index in [-0.39, 0.29) is 18.5 Å². The van der Waals surface area contributed by atoms with Crippen LogP contribution in [0.4, 0.5) is 5.13 Å². The Kier molecular flexibility index (Phi) is 8.97. The summed E-state index contributed by atoms with van der Waals surface area (Å²) < 4.78 is 17.5. The number of hydrogen-bond donors (Lipinski definition) is 1. The molecule has 0 amide bonds. The van der Waals surface area contributed by atoms with Gasteiger partial charge in [-0.15, -0.1) is 11.3 Å². The minimum atomic E-state index is -0.287. The molecule has 7 nitrogen and oxygen atoms in total. The molecule has 1 aromatic carbocycles. The number of thiazole rings is 1. The van der Waals surface area contributed by atoms with Gasteiger partial charge in [0.15, 0.2) is 11.5 Å². The molecule has 152 valence electrons. The number of rotatable bonds is 10. The monoisotopic (exact) mass is 517 g/mol. The molecule has 0 fully saturated rings. The molecule has 9 heteroatoms. The van der Waals surface area contributed by atoms with Gasteiger partial charge in [-0.2, -0.15) is 5.10 Å². The summed E-state index contributed by atoms with van der Waals surface area (Å²) in [6.07, 6.45) is 1.90. The fraction of sp³-hybridized carbons (Fsp3) is 0.421. The molecule has 0 spiro atoms. The molecular formula is C19H24IN3O4S. The summed E-state index contributed by atoms with van der Waals surface area (Å²) in [5.74, 6) is 1.14. The average Bonchev–Trinajstić information content (AvgIpc) is 3.05. The fourth-order valence-electron chi connectivity index (χ4n) is 2.24. The van der Waals surface area contributed by atoms with E-state index in [0.717, 1.165) is 14.9 Å². The highest BCUT2D eigenvalue weighted by Crippen LogP contribution is 2.34. The molecule has 28 heavy (non-hydrogen) atoms. The zero-order valence-electron chi connectivity index (χ0n) is 16.3. The Balaban J connectivity index is 2.05. The normalized spacial score (nSPS) is 11.1. The summed E-state index contributed by atoms with van der Waals surface area (Å²) in [4.78, 5) is 15.8. The van der Waals surface area contributed by atoms with E-state index in [4.69, 9.17) is 14.2 Å². The molecule has 0 saturated carbocycles. The molecular weight excluding hydrogens is 493 g/mol. The van der Waals surface area contributed by atoms with Crippen LogP contribution < -0.4 is 14.9 Å². The summed E-state index contributed by atoms with van der Waals surface area (Å²) in [7, 11) is 0. The number of ether oxygens (including phenoxy) is 3. The van der Waals surface area contributed by atoms with Crippen LogP contribution >= 0.6 is 33.9 Å². The lowest BCUT2D eigenvalue weighted by atomic mass is 10.2. The van der Waals surface area contributed by atoms with Gasteiger partial charge in [0, 0.05) is 5.38 Å². The van der Waals surface area contributed by atoms with Crippen molar-refractivity contribution in [2.45, 2.75) is 40.2 Å². The first-order valence-corrected chi connectivity index (χ1v) is 10.9. The van der Waals surface area contributed by atoms with Crippen molar-refractivity contribution in [3.63, 3.8) is 0 Å². The zero-order valence-corrected chi connectivity index (χ0v) is 19.3. The molecule has 1 N–H and O–H groups in total. The van der Waals surface area contributed by atoms with E-state index < -0.39 is 0 Å². The van der Waals surface area contributed by atoms with Crippen molar-refractivity contribution in [3.05, 3.63) is 32.3 Å². The van der Waals surface area contributed by atoms with Gasteiger partial charge in [-0.3, -0.25) is 10.2 Å². The molecule has 0 saturated heterocycles. The van der Waals surface area contributed by atoms with Crippen molar-refractivity contribution in [2.75, 3.05) is 18.6 Å². The summed E-state index contributed by atoms with van der Waals surface area (Å²) in [6.45, 7) is 8.59. The van der Waals surface area contributed by atoms with Crippen LogP contribution in [-0.4, -0.2) is 36.5 Å². The third-order valence-electron chi connectivity index (χ3n) is 3.24. The molecule has 0 atom stereocenters. The van der Waals surface area contributed by atoms with Crippen LogP contribution in [0.5, 0.6) is 11.5 Å². The highest BCUT2D eigenvalue weighted by Gasteiger charge is 2.13. The van der Waals surface area contributed by atoms with E-state index in [9.17, 15) is 4.79 Å². The molecule has 0 aliphatic carbocycles. The number of anilines is 1. The lowest BCUT2D eigenvalue weighted by Crippen LogP contribution is -2.09. The van der Waals surface area contributed by atoms with E-state index in [0.29, 0.717) is 29.8 Å². The van der Waals surface area contributed by atoms with Crippen molar-refractivity contribution in [1.29, 1.82) is 0 Å². The van der Waals surface area contributed by atoms with Crippen LogP contribution in [0, 0.1) is 3.57 Å².